The van der Waals surface area contributed by atoms with Gasteiger partial charge in [0.15, 0.2) is 5.65 Å². The summed E-state index contributed by atoms with van der Waals surface area (Å²) in [5.74, 6) is -3.00. The average molecular weight is 617 g/mol. The van der Waals surface area contributed by atoms with Gasteiger partial charge in [0.1, 0.15) is 17.4 Å². The number of rotatable bonds is 11. The summed E-state index contributed by atoms with van der Waals surface area (Å²) < 4.78 is 4.36. The minimum atomic E-state index is -0.988. The number of carboxylic acid groups (broad SMARTS) is 2. The molecule has 13 heteroatoms. The van der Waals surface area contributed by atoms with Crippen LogP contribution in [0.25, 0.3) is 5.65 Å². The van der Waals surface area contributed by atoms with Crippen LogP contribution in [0.4, 0.5) is 0 Å². The summed E-state index contributed by atoms with van der Waals surface area (Å²) in [6.45, 7) is 5.57. The van der Waals surface area contributed by atoms with Crippen LogP contribution in [0.15, 0.2) is 59.6 Å². The van der Waals surface area contributed by atoms with Crippen LogP contribution in [0.2, 0.25) is 0 Å². The number of carbonyl (C=O) groups is 4. The molecule has 1 aliphatic rings. The molecule has 2 amide bonds. The van der Waals surface area contributed by atoms with Gasteiger partial charge in [-0.3, -0.25) is 14.4 Å². The van der Waals surface area contributed by atoms with E-state index in [1.54, 1.807) is 25.1 Å². The van der Waals surface area contributed by atoms with Gasteiger partial charge in [-0.1, -0.05) is 38.1 Å². The Balaban J connectivity index is 1.32. The van der Waals surface area contributed by atoms with Gasteiger partial charge in [-0.2, -0.15) is 5.10 Å². The third kappa shape index (κ3) is 6.29. The molecule has 1 aliphatic carbocycles. The Morgan fingerprint density at radius 1 is 1.07 bits per heavy atom. The number of amides is 2. The van der Waals surface area contributed by atoms with Crippen molar-refractivity contribution in [1.82, 2.24) is 30.0 Å². The van der Waals surface area contributed by atoms with Crippen LogP contribution in [0.5, 0.6) is 0 Å². The fourth-order valence-corrected chi connectivity index (χ4v) is 6.34. The standard InChI is InChI=1S/C31H32N6O6S/c1-16(2)27(31(42)43)36-44-25-7-5-4-6-18(25)15-32-28(38)23-14-24(37-26(34-23)12-13-33-37)29(39)35-22-11-10-19-17(3)20(30(40)41)8-9-21(19)22/h4-9,12-14,16,22,27,36H,10-11,15H2,1-3H3,(H,32,38)(H,35,39)(H,40,41)(H,42,43)/t22-,27-/m0/s1. The number of nitrogens with zero attached hydrogens (tertiary/aromatic N) is 3. The Hall–Kier alpha value is -4.75. The van der Waals surface area contributed by atoms with Crippen molar-refractivity contribution in [2.24, 2.45) is 5.92 Å². The Bertz CT molecular complexity index is 1770. The van der Waals surface area contributed by atoms with Crippen molar-refractivity contribution in [2.75, 3.05) is 0 Å². The second-order valence-corrected chi connectivity index (χ2v) is 11.8. The molecular weight excluding hydrogens is 584 g/mol. The van der Waals surface area contributed by atoms with Gasteiger partial charge >= 0.3 is 11.9 Å². The minimum Gasteiger partial charge on any atom is -0.480 e. The third-order valence-electron chi connectivity index (χ3n) is 7.69. The topological polar surface area (TPSA) is 175 Å². The van der Waals surface area contributed by atoms with E-state index in [-0.39, 0.29) is 35.5 Å². The summed E-state index contributed by atoms with van der Waals surface area (Å²) in [4.78, 5) is 55.1. The molecule has 44 heavy (non-hydrogen) atoms. The van der Waals surface area contributed by atoms with E-state index in [1.807, 2.05) is 38.1 Å². The average Bonchev–Trinajstić information content (AvgIpc) is 3.63. The lowest BCUT2D eigenvalue weighted by atomic mass is 9.98. The number of aromatic carboxylic acids is 1. The molecule has 5 N–H and O–H groups in total. The Kier molecular flexibility index (Phi) is 8.97. The van der Waals surface area contributed by atoms with Crippen LogP contribution in [0, 0.1) is 12.8 Å². The first-order chi connectivity index (χ1) is 21.0. The van der Waals surface area contributed by atoms with E-state index in [0.29, 0.717) is 24.1 Å². The Morgan fingerprint density at radius 3 is 2.57 bits per heavy atom. The fraction of sp³-hybridized carbons (Fsp3) is 0.290. The molecule has 2 aromatic carbocycles. The Labute approximate surface area is 257 Å². The molecule has 2 atom stereocenters. The molecule has 0 bridgehead atoms. The normalized spacial score (nSPS) is 14.8. The van der Waals surface area contributed by atoms with Crippen molar-refractivity contribution >= 4 is 41.3 Å². The molecule has 0 fully saturated rings. The van der Waals surface area contributed by atoms with E-state index in [0.717, 1.165) is 21.6 Å². The zero-order chi connectivity index (χ0) is 31.5. The summed E-state index contributed by atoms with van der Waals surface area (Å²) in [5, 5.41) is 29.0. The molecule has 2 heterocycles. The predicted molar refractivity (Wildman–Crippen MR) is 163 cm³/mol. The molecule has 228 valence electrons. The van der Waals surface area contributed by atoms with Gasteiger partial charge in [-0.25, -0.2) is 19.0 Å². The van der Waals surface area contributed by atoms with Gasteiger partial charge in [0.05, 0.1) is 17.8 Å². The van der Waals surface area contributed by atoms with Crippen molar-refractivity contribution in [2.45, 2.75) is 57.1 Å². The van der Waals surface area contributed by atoms with E-state index in [1.165, 1.54) is 28.7 Å². The number of hydrogen-bond acceptors (Lipinski definition) is 8. The van der Waals surface area contributed by atoms with Gasteiger partial charge in [-0.05, 0) is 72.0 Å². The first kappa shape index (κ1) is 30.7. The Morgan fingerprint density at radius 2 is 1.84 bits per heavy atom. The molecule has 0 saturated heterocycles. The van der Waals surface area contributed by atoms with Crippen molar-refractivity contribution in [3.05, 3.63) is 93.9 Å². The van der Waals surface area contributed by atoms with Crippen molar-refractivity contribution in [3.63, 3.8) is 0 Å². The third-order valence-corrected chi connectivity index (χ3v) is 8.68. The first-order valence-electron chi connectivity index (χ1n) is 14.1. The zero-order valence-corrected chi connectivity index (χ0v) is 25.1. The summed E-state index contributed by atoms with van der Waals surface area (Å²) in [7, 11) is 0. The molecule has 2 aromatic heterocycles. The number of nitrogens with one attached hydrogen (secondary N) is 3. The highest BCUT2D eigenvalue weighted by molar-refractivity contribution is 7.97. The second-order valence-electron chi connectivity index (χ2n) is 10.9. The summed E-state index contributed by atoms with van der Waals surface area (Å²) in [6.07, 6.45) is 2.74. The second kappa shape index (κ2) is 12.9. The lowest BCUT2D eigenvalue weighted by molar-refractivity contribution is -0.139. The number of benzene rings is 2. The van der Waals surface area contributed by atoms with Crippen LogP contribution in [-0.4, -0.2) is 54.6 Å². The van der Waals surface area contributed by atoms with E-state index >= 15 is 0 Å². The molecule has 12 nitrogen and oxygen atoms in total. The number of aliphatic carboxylic acids is 1. The highest BCUT2D eigenvalue weighted by atomic mass is 32.2. The SMILES string of the molecule is Cc1c(C(=O)O)ccc2c1CC[C@@H]2NC(=O)c1cc(C(=O)NCc2ccccc2SN[C@H](C(=O)O)C(C)C)nc2ccnn12. The van der Waals surface area contributed by atoms with Gasteiger partial charge < -0.3 is 20.8 Å². The number of fused-ring (bicyclic) bond motifs is 2. The summed E-state index contributed by atoms with van der Waals surface area (Å²) >= 11 is 1.19. The molecule has 4 aromatic rings. The summed E-state index contributed by atoms with van der Waals surface area (Å²) in [6, 6.07) is 12.5. The molecule has 0 saturated carbocycles. The van der Waals surface area contributed by atoms with Crippen LogP contribution in [0.1, 0.15) is 79.9 Å². The molecule has 0 unspecified atom stereocenters. The minimum absolute atomic E-state index is 0.0333. The van der Waals surface area contributed by atoms with Crippen molar-refractivity contribution in [3.8, 4) is 0 Å². The lowest BCUT2D eigenvalue weighted by Crippen LogP contribution is -2.37. The molecule has 0 radical (unpaired) electrons. The highest BCUT2D eigenvalue weighted by Crippen LogP contribution is 2.35. The fourth-order valence-electron chi connectivity index (χ4n) is 5.30. The largest absolute Gasteiger partial charge is 0.480 e. The van der Waals surface area contributed by atoms with Crippen LogP contribution >= 0.6 is 11.9 Å². The van der Waals surface area contributed by atoms with Gasteiger partial charge in [0.2, 0.25) is 0 Å². The monoisotopic (exact) mass is 616 g/mol. The van der Waals surface area contributed by atoms with Crippen LogP contribution in [-0.2, 0) is 17.8 Å². The maximum absolute atomic E-state index is 13.5. The van der Waals surface area contributed by atoms with Crippen LogP contribution in [0.3, 0.4) is 0 Å². The number of aromatic nitrogens is 3. The lowest BCUT2D eigenvalue weighted by Gasteiger charge is -2.18. The van der Waals surface area contributed by atoms with Gasteiger partial charge in [0, 0.05) is 23.6 Å². The van der Waals surface area contributed by atoms with E-state index < -0.39 is 29.8 Å². The predicted octanol–water partition coefficient (Wildman–Crippen LogP) is 3.79. The molecule has 0 spiro atoms. The number of carboxylic acids is 2. The molecule has 5 rings (SSSR count). The first-order valence-corrected chi connectivity index (χ1v) is 14.9. The summed E-state index contributed by atoms with van der Waals surface area (Å²) in [5.41, 5.74) is 4.00. The van der Waals surface area contributed by atoms with Gasteiger partial charge in [0.25, 0.3) is 11.8 Å². The zero-order valence-electron chi connectivity index (χ0n) is 24.3. The van der Waals surface area contributed by atoms with E-state index in [4.69, 9.17) is 0 Å². The van der Waals surface area contributed by atoms with E-state index in [9.17, 15) is 29.4 Å². The van der Waals surface area contributed by atoms with E-state index in [2.05, 4.69) is 25.4 Å². The maximum Gasteiger partial charge on any atom is 0.335 e. The number of hydrogen-bond donors (Lipinski definition) is 5. The van der Waals surface area contributed by atoms with Crippen LogP contribution < -0.4 is 15.4 Å². The van der Waals surface area contributed by atoms with Gasteiger partial charge in [-0.15, -0.1) is 0 Å². The van der Waals surface area contributed by atoms with Crippen molar-refractivity contribution < 1.29 is 29.4 Å². The smallest absolute Gasteiger partial charge is 0.335 e. The maximum atomic E-state index is 13.5. The molecule has 0 aliphatic heterocycles. The van der Waals surface area contributed by atoms with Crippen molar-refractivity contribution in [1.29, 1.82) is 0 Å². The molecular formula is C31H32N6O6S. The highest BCUT2D eigenvalue weighted by Gasteiger charge is 2.29. The number of carbonyl (C=O) groups excluding carboxylic acids is 2. The quantitative estimate of drug-likeness (QED) is 0.156.